The molecule has 1 heterocycles. The maximum Gasteiger partial charge on any atom is 0.416 e. The topological polar surface area (TPSA) is 34.1 Å². The predicted molar refractivity (Wildman–Crippen MR) is 74.2 cm³/mol. The number of halogens is 3. The number of anilines is 1. The summed E-state index contributed by atoms with van der Waals surface area (Å²) >= 11 is 1.33. The molecule has 1 N–H and O–H groups in total. The first-order chi connectivity index (χ1) is 9.40. The van der Waals surface area contributed by atoms with E-state index in [2.05, 4.69) is 10.3 Å². The van der Waals surface area contributed by atoms with Crippen molar-refractivity contribution in [2.75, 3.05) is 18.5 Å². The van der Waals surface area contributed by atoms with Gasteiger partial charge in [-0.25, -0.2) is 4.98 Å². The SMILES string of the molecule is CCOCC(C)Nc1nc2cc(C(F)(F)F)ccc2s1. The van der Waals surface area contributed by atoms with Crippen molar-refractivity contribution in [3.8, 4) is 0 Å². The minimum atomic E-state index is -4.34. The van der Waals surface area contributed by atoms with Crippen molar-refractivity contribution >= 4 is 26.7 Å². The van der Waals surface area contributed by atoms with E-state index >= 15 is 0 Å². The molecule has 0 bridgehead atoms. The zero-order chi connectivity index (χ0) is 14.8. The monoisotopic (exact) mass is 304 g/mol. The van der Waals surface area contributed by atoms with E-state index in [1.165, 1.54) is 17.4 Å². The zero-order valence-corrected chi connectivity index (χ0v) is 11.9. The maximum atomic E-state index is 12.6. The highest BCUT2D eigenvalue weighted by molar-refractivity contribution is 7.22. The van der Waals surface area contributed by atoms with Crippen LogP contribution in [0.15, 0.2) is 18.2 Å². The number of rotatable bonds is 5. The number of thiazole rings is 1. The molecule has 0 saturated heterocycles. The van der Waals surface area contributed by atoms with Gasteiger partial charge >= 0.3 is 6.18 Å². The standard InChI is InChI=1S/C13H15F3N2OS/c1-3-19-7-8(2)17-12-18-10-6-9(13(14,15)16)4-5-11(10)20-12/h4-6,8H,3,7H2,1-2H3,(H,17,18). The Bertz CT molecular complexity index is 582. The Morgan fingerprint density at radius 2 is 2.15 bits per heavy atom. The molecule has 0 aliphatic rings. The lowest BCUT2D eigenvalue weighted by molar-refractivity contribution is -0.137. The Morgan fingerprint density at radius 3 is 2.80 bits per heavy atom. The molecule has 2 rings (SSSR count). The number of nitrogens with zero attached hydrogens (tertiary/aromatic N) is 1. The molecule has 20 heavy (non-hydrogen) atoms. The van der Waals surface area contributed by atoms with Crippen LogP contribution < -0.4 is 5.32 Å². The molecule has 0 aliphatic carbocycles. The summed E-state index contributed by atoms with van der Waals surface area (Å²) in [7, 11) is 0. The van der Waals surface area contributed by atoms with Crippen LogP contribution >= 0.6 is 11.3 Å². The molecule has 110 valence electrons. The first-order valence-electron chi connectivity index (χ1n) is 6.22. The van der Waals surface area contributed by atoms with E-state index in [0.29, 0.717) is 23.9 Å². The number of ether oxygens (including phenoxy) is 1. The van der Waals surface area contributed by atoms with Gasteiger partial charge in [-0.3, -0.25) is 0 Å². The van der Waals surface area contributed by atoms with Crippen LogP contribution in [-0.2, 0) is 10.9 Å². The fourth-order valence-electron chi connectivity index (χ4n) is 1.71. The van der Waals surface area contributed by atoms with E-state index in [1.807, 2.05) is 13.8 Å². The van der Waals surface area contributed by atoms with Gasteiger partial charge in [0, 0.05) is 12.6 Å². The third-order valence-electron chi connectivity index (χ3n) is 2.66. The summed E-state index contributed by atoms with van der Waals surface area (Å²) in [6.45, 7) is 4.99. The lowest BCUT2D eigenvalue weighted by Crippen LogP contribution is -2.21. The Labute approximate surface area is 118 Å². The van der Waals surface area contributed by atoms with Crippen LogP contribution in [0.25, 0.3) is 10.2 Å². The number of hydrogen-bond donors (Lipinski definition) is 1. The highest BCUT2D eigenvalue weighted by Gasteiger charge is 2.30. The van der Waals surface area contributed by atoms with Crippen LogP contribution in [0.2, 0.25) is 0 Å². The van der Waals surface area contributed by atoms with E-state index in [-0.39, 0.29) is 6.04 Å². The molecule has 1 aromatic heterocycles. The second-order valence-corrected chi connectivity index (χ2v) is 5.43. The minimum Gasteiger partial charge on any atom is -0.380 e. The lowest BCUT2D eigenvalue weighted by atomic mass is 10.2. The first kappa shape index (κ1) is 15.1. The molecular weight excluding hydrogens is 289 g/mol. The van der Waals surface area contributed by atoms with Gasteiger partial charge in [-0.05, 0) is 32.0 Å². The third kappa shape index (κ3) is 3.61. The molecule has 0 spiro atoms. The van der Waals surface area contributed by atoms with Crippen molar-refractivity contribution in [1.29, 1.82) is 0 Å². The number of benzene rings is 1. The van der Waals surface area contributed by atoms with Gasteiger partial charge in [-0.15, -0.1) is 0 Å². The van der Waals surface area contributed by atoms with Gasteiger partial charge in [-0.1, -0.05) is 11.3 Å². The molecule has 0 amide bonds. The summed E-state index contributed by atoms with van der Waals surface area (Å²) in [5, 5.41) is 3.73. The molecule has 0 fully saturated rings. The minimum absolute atomic E-state index is 0.0533. The lowest BCUT2D eigenvalue weighted by Gasteiger charge is -2.11. The van der Waals surface area contributed by atoms with Gasteiger partial charge in [0.25, 0.3) is 0 Å². The molecule has 2 aromatic rings. The molecule has 7 heteroatoms. The summed E-state index contributed by atoms with van der Waals surface area (Å²) in [6.07, 6.45) is -4.34. The van der Waals surface area contributed by atoms with E-state index in [9.17, 15) is 13.2 Å². The Balaban J connectivity index is 2.17. The van der Waals surface area contributed by atoms with Crippen molar-refractivity contribution in [1.82, 2.24) is 4.98 Å². The Morgan fingerprint density at radius 1 is 1.40 bits per heavy atom. The van der Waals surface area contributed by atoms with Crippen LogP contribution in [0.4, 0.5) is 18.3 Å². The molecule has 3 nitrogen and oxygen atoms in total. The quantitative estimate of drug-likeness (QED) is 0.901. The summed E-state index contributed by atoms with van der Waals surface area (Å²) in [4.78, 5) is 4.19. The fourth-order valence-corrected chi connectivity index (χ4v) is 2.67. The highest BCUT2D eigenvalue weighted by atomic mass is 32.1. The number of alkyl halides is 3. The van der Waals surface area contributed by atoms with Crippen molar-refractivity contribution in [2.24, 2.45) is 0 Å². The van der Waals surface area contributed by atoms with Gasteiger partial charge in [0.15, 0.2) is 5.13 Å². The molecule has 1 unspecified atom stereocenters. The molecule has 0 radical (unpaired) electrons. The number of fused-ring (bicyclic) bond motifs is 1. The van der Waals surface area contributed by atoms with Gasteiger partial charge in [0.1, 0.15) is 0 Å². The molecule has 1 aromatic carbocycles. The van der Waals surface area contributed by atoms with Crippen LogP contribution in [0.1, 0.15) is 19.4 Å². The van der Waals surface area contributed by atoms with Gasteiger partial charge < -0.3 is 10.1 Å². The first-order valence-corrected chi connectivity index (χ1v) is 7.04. The van der Waals surface area contributed by atoms with Crippen LogP contribution in [0.3, 0.4) is 0 Å². The van der Waals surface area contributed by atoms with Crippen LogP contribution in [0.5, 0.6) is 0 Å². The molecule has 0 saturated carbocycles. The van der Waals surface area contributed by atoms with E-state index in [0.717, 1.165) is 16.8 Å². The van der Waals surface area contributed by atoms with Crippen molar-refractivity contribution < 1.29 is 17.9 Å². The van der Waals surface area contributed by atoms with Crippen molar-refractivity contribution in [3.05, 3.63) is 23.8 Å². The number of hydrogen-bond acceptors (Lipinski definition) is 4. The highest BCUT2D eigenvalue weighted by Crippen LogP contribution is 2.34. The Kier molecular flexibility index (Phi) is 4.49. The normalized spacial score (nSPS) is 13.7. The smallest absolute Gasteiger partial charge is 0.380 e. The molecule has 0 aliphatic heterocycles. The second kappa shape index (κ2) is 5.97. The summed E-state index contributed by atoms with van der Waals surface area (Å²) < 4.78 is 43.8. The number of nitrogens with one attached hydrogen (secondary N) is 1. The fraction of sp³-hybridized carbons (Fsp3) is 0.462. The van der Waals surface area contributed by atoms with Crippen LogP contribution in [-0.4, -0.2) is 24.2 Å². The largest absolute Gasteiger partial charge is 0.416 e. The van der Waals surface area contributed by atoms with Crippen molar-refractivity contribution in [2.45, 2.75) is 26.1 Å². The molecule has 1 atom stereocenters. The van der Waals surface area contributed by atoms with Crippen molar-refractivity contribution in [3.63, 3.8) is 0 Å². The van der Waals surface area contributed by atoms with E-state index in [1.54, 1.807) is 0 Å². The predicted octanol–water partition coefficient (Wildman–Crippen LogP) is 4.15. The van der Waals surface area contributed by atoms with E-state index < -0.39 is 11.7 Å². The third-order valence-corrected chi connectivity index (χ3v) is 3.62. The van der Waals surface area contributed by atoms with E-state index in [4.69, 9.17) is 4.74 Å². The maximum absolute atomic E-state index is 12.6. The molecular formula is C13H15F3N2OS. The number of aromatic nitrogens is 1. The zero-order valence-electron chi connectivity index (χ0n) is 11.1. The average molecular weight is 304 g/mol. The van der Waals surface area contributed by atoms with Gasteiger partial charge in [-0.2, -0.15) is 13.2 Å². The summed E-state index contributed by atoms with van der Waals surface area (Å²) in [5.74, 6) is 0. The second-order valence-electron chi connectivity index (χ2n) is 4.40. The summed E-state index contributed by atoms with van der Waals surface area (Å²) in [5.41, 5.74) is -0.319. The summed E-state index contributed by atoms with van der Waals surface area (Å²) in [6, 6.07) is 3.66. The van der Waals surface area contributed by atoms with Crippen LogP contribution in [0, 0.1) is 0 Å². The Hall–Kier alpha value is -1.34. The van der Waals surface area contributed by atoms with Gasteiger partial charge in [0.05, 0.1) is 22.4 Å². The average Bonchev–Trinajstić information content (AvgIpc) is 2.76. The van der Waals surface area contributed by atoms with Gasteiger partial charge in [0.2, 0.25) is 0 Å².